The Morgan fingerprint density at radius 2 is 2.57 bits per heavy atom. The number of hydrogen-bond donors (Lipinski definition) is 1. The van der Waals surface area contributed by atoms with Crippen molar-refractivity contribution >= 4 is 11.8 Å². The first kappa shape index (κ1) is 11.2. The van der Waals surface area contributed by atoms with Gasteiger partial charge in [-0.15, -0.1) is 0 Å². The molecule has 0 radical (unpaired) electrons. The number of hydrogen-bond acceptors (Lipinski definition) is 5. The Morgan fingerprint density at radius 3 is 3.21 bits per heavy atom. The van der Waals surface area contributed by atoms with Gasteiger partial charge >= 0.3 is 0 Å². The largest absolute Gasteiger partial charge is 0.370 e. The normalized spacial score (nSPS) is 18.6. The van der Waals surface area contributed by atoms with E-state index in [1.54, 1.807) is 17.8 Å². The van der Waals surface area contributed by atoms with Crippen LogP contribution in [0.5, 0.6) is 0 Å². The van der Waals surface area contributed by atoms with E-state index >= 15 is 0 Å². The SMILES string of the molecule is CSCCN1CCNC1=CC[N+](=O)[O-]. The Bertz CT molecular complexity index is 233. The Kier molecular flexibility index (Phi) is 4.58. The summed E-state index contributed by atoms with van der Waals surface area (Å²) in [4.78, 5) is 12.0. The molecule has 80 valence electrons. The van der Waals surface area contributed by atoms with Crippen molar-refractivity contribution in [1.29, 1.82) is 0 Å². The smallest absolute Gasteiger partial charge is 0.225 e. The minimum Gasteiger partial charge on any atom is -0.370 e. The maximum atomic E-state index is 10.2. The van der Waals surface area contributed by atoms with E-state index in [1.807, 2.05) is 0 Å². The Morgan fingerprint density at radius 1 is 1.79 bits per heavy atom. The van der Waals surface area contributed by atoms with Crippen LogP contribution in [-0.2, 0) is 0 Å². The standard InChI is InChI=1S/C8H15N3O2S/c1-14-7-6-10-5-3-9-8(10)2-4-11(12)13/h2,9H,3-7H2,1H3. The topological polar surface area (TPSA) is 58.4 Å². The van der Waals surface area contributed by atoms with E-state index in [2.05, 4.69) is 16.5 Å². The number of thioether (sulfide) groups is 1. The van der Waals surface area contributed by atoms with Crippen LogP contribution in [0.2, 0.25) is 0 Å². The second kappa shape index (κ2) is 5.74. The van der Waals surface area contributed by atoms with Crippen LogP contribution in [0, 0.1) is 10.1 Å². The van der Waals surface area contributed by atoms with Gasteiger partial charge in [0.25, 0.3) is 0 Å². The number of nitrogens with one attached hydrogen (secondary N) is 1. The monoisotopic (exact) mass is 217 g/mol. The van der Waals surface area contributed by atoms with Gasteiger partial charge in [0.05, 0.1) is 0 Å². The lowest BCUT2D eigenvalue weighted by Crippen LogP contribution is -2.23. The van der Waals surface area contributed by atoms with Gasteiger partial charge in [0.15, 0.2) is 0 Å². The zero-order valence-corrected chi connectivity index (χ0v) is 9.05. The van der Waals surface area contributed by atoms with Crippen LogP contribution < -0.4 is 5.32 Å². The molecule has 0 amide bonds. The Labute approximate surface area is 87.7 Å². The molecule has 0 unspecified atom stereocenters. The molecule has 1 aliphatic heterocycles. The van der Waals surface area contributed by atoms with Gasteiger partial charge < -0.3 is 10.2 Å². The molecule has 0 bridgehead atoms. The predicted octanol–water partition coefficient (Wildman–Crippen LogP) is 0.373. The highest BCUT2D eigenvalue weighted by molar-refractivity contribution is 7.98. The molecule has 1 aliphatic rings. The molecule has 0 aromatic carbocycles. The van der Waals surface area contributed by atoms with Crippen molar-refractivity contribution in [2.24, 2.45) is 0 Å². The zero-order valence-electron chi connectivity index (χ0n) is 8.23. The molecule has 0 aromatic heterocycles. The quantitative estimate of drug-likeness (QED) is 0.532. The zero-order chi connectivity index (χ0) is 10.4. The fourth-order valence-corrected chi connectivity index (χ4v) is 1.75. The van der Waals surface area contributed by atoms with Crippen molar-refractivity contribution in [2.75, 3.05) is 38.2 Å². The van der Waals surface area contributed by atoms with Crippen LogP contribution in [-0.4, -0.2) is 48.0 Å². The number of nitrogens with zero attached hydrogens (tertiary/aromatic N) is 2. The molecule has 0 aliphatic carbocycles. The lowest BCUT2D eigenvalue weighted by molar-refractivity contribution is -0.468. The molecule has 6 heteroatoms. The molecule has 1 saturated heterocycles. The van der Waals surface area contributed by atoms with Crippen LogP contribution in [0.3, 0.4) is 0 Å². The maximum absolute atomic E-state index is 10.2. The van der Waals surface area contributed by atoms with E-state index < -0.39 is 0 Å². The summed E-state index contributed by atoms with van der Waals surface area (Å²) in [6, 6.07) is 0. The lowest BCUT2D eigenvalue weighted by atomic mass is 10.5. The highest BCUT2D eigenvalue weighted by Gasteiger charge is 2.15. The molecular weight excluding hydrogens is 202 g/mol. The molecule has 0 atom stereocenters. The summed E-state index contributed by atoms with van der Waals surface area (Å²) in [6.45, 7) is 2.69. The lowest BCUT2D eigenvalue weighted by Gasteiger charge is -2.17. The summed E-state index contributed by atoms with van der Waals surface area (Å²) in [5.74, 6) is 1.97. The van der Waals surface area contributed by atoms with Crippen LogP contribution in [0.1, 0.15) is 0 Å². The molecule has 0 spiro atoms. The summed E-state index contributed by atoms with van der Waals surface area (Å²) in [5.41, 5.74) is 0. The maximum Gasteiger partial charge on any atom is 0.225 e. The molecule has 14 heavy (non-hydrogen) atoms. The molecule has 0 aromatic rings. The second-order valence-corrected chi connectivity index (χ2v) is 4.00. The van der Waals surface area contributed by atoms with Gasteiger partial charge in [-0.3, -0.25) is 10.1 Å². The minimum absolute atomic E-state index is 0.0991. The van der Waals surface area contributed by atoms with Crippen molar-refractivity contribution in [1.82, 2.24) is 10.2 Å². The predicted molar refractivity (Wildman–Crippen MR) is 57.9 cm³/mol. The van der Waals surface area contributed by atoms with Crippen molar-refractivity contribution in [2.45, 2.75) is 0 Å². The van der Waals surface area contributed by atoms with E-state index in [4.69, 9.17) is 0 Å². The van der Waals surface area contributed by atoms with Crippen LogP contribution in [0.4, 0.5) is 0 Å². The summed E-state index contributed by atoms with van der Waals surface area (Å²) in [6.07, 6.45) is 3.71. The summed E-state index contributed by atoms with van der Waals surface area (Å²) in [5, 5.41) is 13.3. The van der Waals surface area contributed by atoms with Crippen LogP contribution in [0.15, 0.2) is 11.9 Å². The molecular formula is C8H15N3O2S. The van der Waals surface area contributed by atoms with E-state index in [0.717, 1.165) is 31.2 Å². The van der Waals surface area contributed by atoms with Crippen LogP contribution in [0.25, 0.3) is 0 Å². The van der Waals surface area contributed by atoms with E-state index in [1.165, 1.54) is 0 Å². The summed E-state index contributed by atoms with van der Waals surface area (Å²) < 4.78 is 0. The third-order valence-corrected chi connectivity index (χ3v) is 2.62. The molecule has 5 nitrogen and oxygen atoms in total. The second-order valence-electron chi connectivity index (χ2n) is 3.01. The molecule has 1 rings (SSSR count). The van der Waals surface area contributed by atoms with Crippen LogP contribution >= 0.6 is 11.8 Å². The first-order valence-corrected chi connectivity index (χ1v) is 5.93. The van der Waals surface area contributed by atoms with Gasteiger partial charge in [0.2, 0.25) is 6.54 Å². The Balaban J connectivity index is 2.41. The van der Waals surface area contributed by atoms with E-state index in [0.29, 0.717) is 0 Å². The third kappa shape index (κ3) is 3.45. The molecule has 1 heterocycles. The van der Waals surface area contributed by atoms with Crippen molar-refractivity contribution in [3.63, 3.8) is 0 Å². The van der Waals surface area contributed by atoms with Crippen molar-refractivity contribution in [3.05, 3.63) is 22.0 Å². The highest BCUT2D eigenvalue weighted by Crippen LogP contribution is 2.07. The highest BCUT2D eigenvalue weighted by atomic mass is 32.2. The van der Waals surface area contributed by atoms with E-state index in [9.17, 15) is 10.1 Å². The number of nitro groups is 1. The average molecular weight is 217 g/mol. The summed E-state index contributed by atoms with van der Waals surface area (Å²) in [7, 11) is 0. The van der Waals surface area contributed by atoms with Crippen molar-refractivity contribution in [3.8, 4) is 0 Å². The van der Waals surface area contributed by atoms with Gasteiger partial charge in [-0.05, 0) is 6.26 Å². The van der Waals surface area contributed by atoms with Gasteiger partial charge in [-0.1, -0.05) is 0 Å². The Hall–Kier alpha value is -0.910. The first-order chi connectivity index (χ1) is 6.74. The van der Waals surface area contributed by atoms with Gasteiger partial charge in [0.1, 0.15) is 5.82 Å². The van der Waals surface area contributed by atoms with Gasteiger partial charge in [0, 0.05) is 36.4 Å². The molecule has 1 fully saturated rings. The van der Waals surface area contributed by atoms with Gasteiger partial charge in [-0.2, -0.15) is 11.8 Å². The average Bonchev–Trinajstić information content (AvgIpc) is 2.58. The fourth-order valence-electron chi connectivity index (χ4n) is 1.35. The van der Waals surface area contributed by atoms with Gasteiger partial charge in [-0.25, -0.2) is 0 Å². The minimum atomic E-state index is -0.320. The van der Waals surface area contributed by atoms with Crippen molar-refractivity contribution < 1.29 is 4.92 Å². The summed E-state index contributed by atoms with van der Waals surface area (Å²) >= 11 is 1.78. The number of rotatable bonds is 5. The molecule has 0 saturated carbocycles. The molecule has 1 N–H and O–H groups in total. The first-order valence-electron chi connectivity index (χ1n) is 4.53. The third-order valence-electron chi connectivity index (χ3n) is 2.03. The van der Waals surface area contributed by atoms with E-state index in [-0.39, 0.29) is 11.5 Å². The fraction of sp³-hybridized carbons (Fsp3) is 0.750.